The second-order valence-electron chi connectivity index (χ2n) is 11.3. The van der Waals surface area contributed by atoms with E-state index in [0.717, 1.165) is 59.7 Å². The summed E-state index contributed by atoms with van der Waals surface area (Å²) < 4.78 is 5.08. The number of carbonyl (C=O) groups excluding carboxylic acids is 2. The van der Waals surface area contributed by atoms with E-state index >= 15 is 0 Å². The van der Waals surface area contributed by atoms with E-state index in [9.17, 15) is 9.59 Å². The molecule has 41 heavy (non-hydrogen) atoms. The quantitative estimate of drug-likeness (QED) is 0.242. The first-order valence-electron chi connectivity index (χ1n) is 15.2. The van der Waals surface area contributed by atoms with Gasteiger partial charge in [-0.3, -0.25) is 9.59 Å². The number of methoxy groups -OCH3 is 1. The fraction of sp³-hybridized carbons (Fsp3) is 0.588. The number of hydrogen-bond acceptors (Lipinski definition) is 5. The van der Waals surface area contributed by atoms with E-state index in [1.54, 1.807) is 20.1 Å². The van der Waals surface area contributed by atoms with Gasteiger partial charge in [-0.15, -0.1) is 0 Å². The third kappa shape index (κ3) is 13.9. The van der Waals surface area contributed by atoms with Crippen molar-refractivity contribution < 1.29 is 14.3 Å². The molecule has 1 aliphatic carbocycles. The Kier molecular flexibility index (Phi) is 17.5. The maximum atomic E-state index is 11.3. The van der Waals surface area contributed by atoms with Gasteiger partial charge in [0, 0.05) is 43.1 Å². The van der Waals surface area contributed by atoms with Gasteiger partial charge >= 0.3 is 0 Å². The lowest BCUT2D eigenvalue weighted by atomic mass is 9.80. The highest BCUT2D eigenvalue weighted by molar-refractivity contribution is 5.90. The summed E-state index contributed by atoms with van der Waals surface area (Å²) in [5.74, 6) is 2.81. The van der Waals surface area contributed by atoms with E-state index in [-0.39, 0.29) is 5.91 Å². The molecule has 7 nitrogen and oxygen atoms in total. The van der Waals surface area contributed by atoms with Crippen LogP contribution in [0.3, 0.4) is 0 Å². The normalized spacial score (nSPS) is 13.6. The molecule has 1 aliphatic rings. The largest absolute Gasteiger partial charge is 0.496 e. The summed E-state index contributed by atoms with van der Waals surface area (Å²) >= 11 is 0. The van der Waals surface area contributed by atoms with Crippen LogP contribution in [0.2, 0.25) is 0 Å². The molecule has 0 aromatic heterocycles. The molecule has 2 aromatic carbocycles. The number of nitrogens with one attached hydrogen (secondary N) is 3. The molecule has 0 radical (unpaired) electrons. The van der Waals surface area contributed by atoms with Crippen LogP contribution >= 0.6 is 0 Å². The van der Waals surface area contributed by atoms with Crippen molar-refractivity contribution >= 4 is 29.4 Å². The lowest BCUT2D eigenvalue weighted by molar-refractivity contribution is -0.114. The van der Waals surface area contributed by atoms with E-state index in [2.05, 4.69) is 68.7 Å². The Morgan fingerprint density at radius 3 is 2.27 bits per heavy atom. The number of rotatable bonds is 11. The van der Waals surface area contributed by atoms with Crippen LogP contribution in [0.4, 0.5) is 17.1 Å². The number of nitrogens with zero attached hydrogens (tertiary/aromatic N) is 1. The van der Waals surface area contributed by atoms with E-state index < -0.39 is 0 Å². The molecular weight excluding hydrogens is 512 g/mol. The second-order valence-corrected chi connectivity index (χ2v) is 11.3. The molecule has 2 aromatic rings. The fourth-order valence-corrected chi connectivity index (χ4v) is 5.13. The first-order chi connectivity index (χ1) is 19.6. The molecule has 0 heterocycles. The van der Waals surface area contributed by atoms with Crippen LogP contribution in [-0.2, 0) is 16.0 Å². The van der Waals surface area contributed by atoms with Gasteiger partial charge in [0.25, 0.3) is 0 Å². The molecule has 2 amide bonds. The Balaban J connectivity index is 0.000000328. The van der Waals surface area contributed by atoms with Crippen LogP contribution in [0.1, 0.15) is 82.9 Å². The maximum Gasteiger partial charge on any atom is 0.221 e. The second kappa shape index (κ2) is 19.9. The molecule has 3 N–H and O–H groups in total. The minimum atomic E-state index is -0.0282. The van der Waals surface area contributed by atoms with Crippen molar-refractivity contribution in [3.8, 4) is 5.75 Å². The van der Waals surface area contributed by atoms with E-state index in [1.165, 1.54) is 49.7 Å². The standard InChI is InChI=1S/C15H25N3O.C10H20.C9H11NO2/c1-6-14-11(2)9-13(16-7-8-18(4)5)10-15(14)17-12(3)19;1-3-9(2)10-7-5-4-6-8-10;1-7-3-4-8(10-6-11)5-9(7)12-2/h9-10,16H,6-8H2,1-5H3,(H,17,19);9-10H,3-8H2,1-2H3;3-6H,1-2H3,(H,10,11). The molecule has 1 unspecified atom stereocenters. The van der Waals surface area contributed by atoms with Gasteiger partial charge in [-0.25, -0.2) is 0 Å². The highest BCUT2D eigenvalue weighted by atomic mass is 16.5. The summed E-state index contributed by atoms with van der Waals surface area (Å²) in [5, 5.41) is 8.85. The van der Waals surface area contributed by atoms with Crippen molar-refractivity contribution in [2.24, 2.45) is 11.8 Å². The van der Waals surface area contributed by atoms with Gasteiger partial charge in [0.1, 0.15) is 5.75 Å². The van der Waals surface area contributed by atoms with E-state index in [0.29, 0.717) is 6.41 Å². The summed E-state index contributed by atoms with van der Waals surface area (Å²) in [7, 11) is 5.71. The molecule has 3 rings (SSSR count). The summed E-state index contributed by atoms with van der Waals surface area (Å²) in [5.41, 5.74) is 6.18. The molecule has 0 aliphatic heterocycles. The van der Waals surface area contributed by atoms with Crippen molar-refractivity contribution in [1.29, 1.82) is 0 Å². The Bertz CT molecular complexity index is 1050. The Morgan fingerprint density at radius 1 is 1.05 bits per heavy atom. The monoisotopic (exact) mass is 568 g/mol. The number of anilines is 3. The van der Waals surface area contributed by atoms with Gasteiger partial charge in [0.15, 0.2) is 0 Å². The maximum absolute atomic E-state index is 11.3. The van der Waals surface area contributed by atoms with Crippen LogP contribution < -0.4 is 20.7 Å². The number of aryl methyl sites for hydroxylation is 2. The predicted octanol–water partition coefficient (Wildman–Crippen LogP) is 7.67. The lowest BCUT2D eigenvalue weighted by Crippen LogP contribution is -2.21. The fourth-order valence-electron chi connectivity index (χ4n) is 5.13. The van der Waals surface area contributed by atoms with Gasteiger partial charge in [-0.05, 0) is 81.1 Å². The molecule has 0 bridgehead atoms. The molecule has 1 saturated carbocycles. The summed E-state index contributed by atoms with van der Waals surface area (Å²) in [4.78, 5) is 23.5. The highest BCUT2D eigenvalue weighted by Crippen LogP contribution is 2.31. The van der Waals surface area contributed by atoms with E-state index in [4.69, 9.17) is 4.74 Å². The van der Waals surface area contributed by atoms with Crippen LogP contribution in [0.15, 0.2) is 30.3 Å². The van der Waals surface area contributed by atoms with Gasteiger partial charge in [0.05, 0.1) is 7.11 Å². The van der Waals surface area contributed by atoms with E-state index in [1.807, 2.05) is 25.1 Å². The number of benzene rings is 2. The van der Waals surface area contributed by atoms with Crippen LogP contribution in [0, 0.1) is 25.7 Å². The molecule has 1 fully saturated rings. The number of ether oxygens (including phenoxy) is 1. The van der Waals surface area contributed by atoms with Crippen LogP contribution in [0.25, 0.3) is 0 Å². The number of amides is 2. The average Bonchev–Trinajstić information content (AvgIpc) is 2.94. The first-order valence-corrected chi connectivity index (χ1v) is 15.2. The minimum Gasteiger partial charge on any atom is -0.496 e. The van der Waals surface area contributed by atoms with Gasteiger partial charge < -0.3 is 25.6 Å². The molecule has 230 valence electrons. The van der Waals surface area contributed by atoms with Crippen molar-refractivity contribution in [1.82, 2.24) is 4.90 Å². The molecule has 7 heteroatoms. The first kappa shape index (κ1) is 36.0. The number of likely N-dealkylation sites (N-methyl/N-ethyl adjacent to an activating group) is 1. The summed E-state index contributed by atoms with van der Waals surface area (Å²) in [6.45, 7) is 14.3. The minimum absolute atomic E-state index is 0.0282. The smallest absolute Gasteiger partial charge is 0.221 e. The van der Waals surface area contributed by atoms with Crippen LogP contribution in [0.5, 0.6) is 5.75 Å². The molecule has 0 saturated heterocycles. The van der Waals surface area contributed by atoms with Gasteiger partial charge in [-0.2, -0.15) is 0 Å². The number of hydrogen-bond donors (Lipinski definition) is 3. The Morgan fingerprint density at radius 2 is 1.73 bits per heavy atom. The van der Waals surface area contributed by atoms with Crippen molar-refractivity contribution in [2.75, 3.05) is 50.2 Å². The molecule has 1 atom stereocenters. The lowest BCUT2D eigenvalue weighted by Gasteiger charge is -2.26. The summed E-state index contributed by atoms with van der Waals surface area (Å²) in [6, 6.07) is 9.66. The Labute approximate surface area is 249 Å². The van der Waals surface area contributed by atoms with Gasteiger partial charge in [-0.1, -0.05) is 65.4 Å². The zero-order chi connectivity index (χ0) is 30.8. The van der Waals surface area contributed by atoms with Crippen LogP contribution in [-0.4, -0.2) is 51.5 Å². The average molecular weight is 569 g/mol. The third-order valence-corrected chi connectivity index (χ3v) is 7.76. The van der Waals surface area contributed by atoms with Crippen molar-refractivity contribution in [3.63, 3.8) is 0 Å². The zero-order valence-corrected chi connectivity index (χ0v) is 27.2. The van der Waals surface area contributed by atoms with Gasteiger partial charge in [0.2, 0.25) is 12.3 Å². The highest BCUT2D eigenvalue weighted by Gasteiger charge is 2.17. The molecular formula is C34H56N4O3. The summed E-state index contributed by atoms with van der Waals surface area (Å²) in [6.07, 6.45) is 10.4. The predicted molar refractivity (Wildman–Crippen MR) is 175 cm³/mol. The van der Waals surface area contributed by atoms with Crippen molar-refractivity contribution in [2.45, 2.75) is 86.5 Å². The third-order valence-electron chi connectivity index (χ3n) is 7.76. The Hall–Kier alpha value is -3.06. The SMILES string of the molecule is CCC(C)C1CCCCC1.CCc1c(C)cc(NCCN(C)C)cc1NC(C)=O.COc1cc(NC=O)ccc1C. The number of carbonyl (C=O) groups is 2. The van der Waals surface area contributed by atoms with Crippen molar-refractivity contribution in [3.05, 3.63) is 47.0 Å². The molecule has 0 spiro atoms. The zero-order valence-electron chi connectivity index (χ0n) is 27.2. The topological polar surface area (TPSA) is 82.7 Å².